The van der Waals surface area contributed by atoms with Gasteiger partial charge in [0.15, 0.2) is 6.10 Å². The summed E-state index contributed by atoms with van der Waals surface area (Å²) < 4.78 is 38.2. The first-order chi connectivity index (χ1) is 8.95. The second-order valence-corrected chi connectivity index (χ2v) is 4.56. The summed E-state index contributed by atoms with van der Waals surface area (Å²) in [7, 11) is 0. The van der Waals surface area contributed by atoms with E-state index in [9.17, 15) is 18.3 Å². The molecule has 2 rings (SSSR count). The fraction of sp³-hybridized carbons (Fsp3) is 0.333. The SMILES string of the molecule is CCCc1cccc2cccc(C(O)C(F)(F)F)c12. The first-order valence-corrected chi connectivity index (χ1v) is 6.20. The maximum absolute atomic E-state index is 12.7. The molecular formula is C15H15F3O. The van der Waals surface area contributed by atoms with Crippen LogP contribution in [-0.2, 0) is 6.42 Å². The highest BCUT2D eigenvalue weighted by molar-refractivity contribution is 5.89. The molecule has 19 heavy (non-hydrogen) atoms. The lowest BCUT2D eigenvalue weighted by Crippen LogP contribution is -2.20. The van der Waals surface area contributed by atoms with Crippen LogP contribution in [0.4, 0.5) is 13.2 Å². The molecule has 2 aromatic rings. The van der Waals surface area contributed by atoms with Crippen molar-refractivity contribution < 1.29 is 18.3 Å². The summed E-state index contributed by atoms with van der Waals surface area (Å²) in [5.41, 5.74) is 0.785. The van der Waals surface area contributed by atoms with Gasteiger partial charge in [-0.2, -0.15) is 13.2 Å². The van der Waals surface area contributed by atoms with Crippen LogP contribution in [-0.4, -0.2) is 11.3 Å². The van der Waals surface area contributed by atoms with E-state index in [1.807, 2.05) is 19.1 Å². The Morgan fingerprint density at radius 3 is 2.32 bits per heavy atom. The van der Waals surface area contributed by atoms with E-state index < -0.39 is 12.3 Å². The molecule has 0 aromatic heterocycles. The second-order valence-electron chi connectivity index (χ2n) is 4.56. The Hall–Kier alpha value is -1.55. The van der Waals surface area contributed by atoms with Gasteiger partial charge in [-0.05, 0) is 28.3 Å². The van der Waals surface area contributed by atoms with Gasteiger partial charge in [-0.25, -0.2) is 0 Å². The van der Waals surface area contributed by atoms with Crippen LogP contribution < -0.4 is 0 Å². The number of aliphatic hydroxyl groups is 1. The van der Waals surface area contributed by atoms with Crippen LogP contribution in [0.15, 0.2) is 36.4 Å². The molecule has 4 heteroatoms. The Labute approximate surface area is 109 Å². The van der Waals surface area contributed by atoms with Crippen molar-refractivity contribution in [2.45, 2.75) is 32.0 Å². The average Bonchev–Trinajstić information content (AvgIpc) is 2.37. The van der Waals surface area contributed by atoms with E-state index in [-0.39, 0.29) is 5.56 Å². The predicted molar refractivity (Wildman–Crippen MR) is 69.0 cm³/mol. The summed E-state index contributed by atoms with van der Waals surface area (Å²) in [5.74, 6) is 0. The van der Waals surface area contributed by atoms with Gasteiger partial charge in [0.2, 0.25) is 0 Å². The largest absolute Gasteiger partial charge is 0.418 e. The van der Waals surface area contributed by atoms with Crippen molar-refractivity contribution in [2.75, 3.05) is 0 Å². The highest BCUT2D eigenvalue weighted by atomic mass is 19.4. The second kappa shape index (κ2) is 5.21. The van der Waals surface area contributed by atoms with Crippen molar-refractivity contribution >= 4 is 10.8 Å². The number of aliphatic hydroxyl groups excluding tert-OH is 1. The van der Waals surface area contributed by atoms with Gasteiger partial charge >= 0.3 is 6.18 Å². The lowest BCUT2D eigenvalue weighted by Gasteiger charge is -2.18. The molecule has 0 fully saturated rings. The minimum Gasteiger partial charge on any atom is -0.379 e. The number of aryl methyl sites for hydroxylation is 1. The maximum Gasteiger partial charge on any atom is 0.418 e. The number of alkyl halides is 3. The van der Waals surface area contributed by atoms with Crippen LogP contribution in [0.5, 0.6) is 0 Å². The predicted octanol–water partition coefficient (Wildman–Crippen LogP) is 4.39. The van der Waals surface area contributed by atoms with E-state index in [0.717, 1.165) is 17.4 Å². The van der Waals surface area contributed by atoms with E-state index in [4.69, 9.17) is 0 Å². The summed E-state index contributed by atoms with van der Waals surface area (Å²) >= 11 is 0. The Balaban J connectivity index is 2.67. The average molecular weight is 268 g/mol. The van der Waals surface area contributed by atoms with E-state index in [1.165, 1.54) is 6.07 Å². The van der Waals surface area contributed by atoms with Crippen molar-refractivity contribution in [1.29, 1.82) is 0 Å². The van der Waals surface area contributed by atoms with Gasteiger partial charge in [-0.3, -0.25) is 0 Å². The molecule has 0 saturated heterocycles. The monoisotopic (exact) mass is 268 g/mol. The van der Waals surface area contributed by atoms with Crippen molar-refractivity contribution in [3.05, 3.63) is 47.5 Å². The maximum atomic E-state index is 12.7. The topological polar surface area (TPSA) is 20.2 Å². The van der Waals surface area contributed by atoms with Gasteiger partial charge in [0.1, 0.15) is 0 Å². The molecule has 0 aliphatic heterocycles. The third-order valence-electron chi connectivity index (χ3n) is 3.15. The van der Waals surface area contributed by atoms with Crippen LogP contribution in [0.1, 0.15) is 30.6 Å². The van der Waals surface area contributed by atoms with Gasteiger partial charge in [0.25, 0.3) is 0 Å². The third kappa shape index (κ3) is 2.73. The highest BCUT2D eigenvalue weighted by Gasteiger charge is 2.40. The van der Waals surface area contributed by atoms with Crippen LogP contribution in [0.2, 0.25) is 0 Å². The molecule has 0 aliphatic rings. The summed E-state index contributed by atoms with van der Waals surface area (Å²) in [6.07, 6.45) is -5.54. The third-order valence-corrected chi connectivity index (χ3v) is 3.15. The molecule has 102 valence electrons. The molecule has 1 unspecified atom stereocenters. The number of hydrogen-bond acceptors (Lipinski definition) is 1. The summed E-state index contributed by atoms with van der Waals surface area (Å²) in [6.45, 7) is 1.97. The van der Waals surface area contributed by atoms with E-state index >= 15 is 0 Å². The lowest BCUT2D eigenvalue weighted by atomic mass is 9.94. The number of halogens is 3. The van der Waals surface area contributed by atoms with Crippen molar-refractivity contribution in [1.82, 2.24) is 0 Å². The number of rotatable bonds is 3. The molecule has 0 bridgehead atoms. The number of fused-ring (bicyclic) bond motifs is 1. The zero-order chi connectivity index (χ0) is 14.0. The van der Waals surface area contributed by atoms with Gasteiger partial charge in [-0.15, -0.1) is 0 Å². The fourth-order valence-corrected chi connectivity index (χ4v) is 2.33. The quantitative estimate of drug-likeness (QED) is 0.875. The van der Waals surface area contributed by atoms with Gasteiger partial charge in [0.05, 0.1) is 0 Å². The standard InChI is InChI=1S/C15H15F3O/c1-2-5-10-6-3-7-11-8-4-9-12(13(10)11)14(19)15(16,17)18/h3-4,6-9,14,19H,2,5H2,1H3. The molecule has 0 aliphatic carbocycles. The molecule has 0 heterocycles. The minimum absolute atomic E-state index is 0.0611. The Bertz CT molecular complexity index is 570. The molecule has 1 atom stereocenters. The first kappa shape index (κ1) is 13.9. The Kier molecular flexibility index (Phi) is 3.80. The summed E-state index contributed by atoms with van der Waals surface area (Å²) in [6, 6.07) is 10.1. The van der Waals surface area contributed by atoms with E-state index in [0.29, 0.717) is 11.8 Å². The van der Waals surface area contributed by atoms with Crippen molar-refractivity contribution in [3.8, 4) is 0 Å². The normalized spacial score (nSPS) is 13.7. The van der Waals surface area contributed by atoms with Gasteiger partial charge in [0, 0.05) is 0 Å². The molecule has 0 saturated carbocycles. The summed E-state index contributed by atoms with van der Waals surface area (Å²) in [5, 5.41) is 10.8. The minimum atomic E-state index is -4.65. The van der Waals surface area contributed by atoms with Crippen LogP contribution >= 0.6 is 0 Å². The van der Waals surface area contributed by atoms with E-state index in [1.54, 1.807) is 18.2 Å². The first-order valence-electron chi connectivity index (χ1n) is 6.20. The smallest absolute Gasteiger partial charge is 0.379 e. The molecule has 0 spiro atoms. The van der Waals surface area contributed by atoms with Gasteiger partial charge < -0.3 is 5.11 Å². The molecule has 2 aromatic carbocycles. The number of benzene rings is 2. The van der Waals surface area contributed by atoms with Gasteiger partial charge in [-0.1, -0.05) is 49.7 Å². The molecule has 0 radical (unpaired) electrons. The zero-order valence-corrected chi connectivity index (χ0v) is 10.5. The van der Waals surface area contributed by atoms with Crippen molar-refractivity contribution in [2.24, 2.45) is 0 Å². The molecular weight excluding hydrogens is 253 g/mol. The Morgan fingerprint density at radius 2 is 1.74 bits per heavy atom. The lowest BCUT2D eigenvalue weighted by molar-refractivity contribution is -0.206. The van der Waals surface area contributed by atoms with Crippen molar-refractivity contribution in [3.63, 3.8) is 0 Å². The highest BCUT2D eigenvalue weighted by Crippen LogP contribution is 2.37. The number of hydrogen-bond donors (Lipinski definition) is 1. The zero-order valence-electron chi connectivity index (χ0n) is 10.5. The molecule has 1 nitrogen and oxygen atoms in total. The molecule has 0 amide bonds. The summed E-state index contributed by atoms with van der Waals surface area (Å²) in [4.78, 5) is 0. The van der Waals surface area contributed by atoms with Crippen LogP contribution in [0.3, 0.4) is 0 Å². The van der Waals surface area contributed by atoms with Crippen LogP contribution in [0.25, 0.3) is 10.8 Å². The molecule has 1 N–H and O–H groups in total. The van der Waals surface area contributed by atoms with Crippen LogP contribution in [0, 0.1) is 0 Å². The fourth-order valence-electron chi connectivity index (χ4n) is 2.33. The van der Waals surface area contributed by atoms with E-state index in [2.05, 4.69) is 0 Å². The Morgan fingerprint density at radius 1 is 1.11 bits per heavy atom.